The van der Waals surface area contributed by atoms with Gasteiger partial charge in [0.05, 0.1) is 5.52 Å². The molecule has 0 saturated heterocycles. The van der Waals surface area contributed by atoms with E-state index in [4.69, 9.17) is 4.74 Å². The average molecular weight is 279 g/mol. The van der Waals surface area contributed by atoms with E-state index in [0.717, 1.165) is 22.2 Å². The fraction of sp³-hybridized carbons (Fsp3) is 0.176. The number of fused-ring (bicyclic) bond motifs is 1. The van der Waals surface area contributed by atoms with Crippen LogP contribution in [0.4, 0.5) is 0 Å². The zero-order valence-electron chi connectivity index (χ0n) is 12.1. The molecule has 0 amide bonds. The van der Waals surface area contributed by atoms with Crippen LogP contribution in [-0.2, 0) is 0 Å². The molecule has 1 unspecified atom stereocenters. The summed E-state index contributed by atoms with van der Waals surface area (Å²) in [6.45, 7) is 2.09. The molecule has 3 rings (SSSR count). The first-order valence-corrected chi connectivity index (χ1v) is 6.93. The van der Waals surface area contributed by atoms with E-state index in [9.17, 15) is 0 Å². The Kier molecular flexibility index (Phi) is 3.79. The molecule has 1 aromatic carbocycles. The number of hydrogen-bond acceptors (Lipinski definition) is 4. The molecule has 0 aliphatic carbocycles. The molecule has 0 saturated carbocycles. The molecular formula is C17H17N3O. The largest absolute Gasteiger partial charge is 0.438 e. The summed E-state index contributed by atoms with van der Waals surface area (Å²) in [6, 6.07) is 13.9. The highest BCUT2D eigenvalue weighted by Crippen LogP contribution is 2.28. The molecule has 0 radical (unpaired) electrons. The van der Waals surface area contributed by atoms with Gasteiger partial charge >= 0.3 is 0 Å². The fourth-order valence-electron chi connectivity index (χ4n) is 2.15. The van der Waals surface area contributed by atoms with E-state index in [-0.39, 0.29) is 6.04 Å². The van der Waals surface area contributed by atoms with Gasteiger partial charge in [-0.25, -0.2) is 4.98 Å². The van der Waals surface area contributed by atoms with E-state index in [0.29, 0.717) is 5.88 Å². The molecular weight excluding hydrogens is 262 g/mol. The highest BCUT2D eigenvalue weighted by atomic mass is 16.5. The molecule has 106 valence electrons. The van der Waals surface area contributed by atoms with Crippen LogP contribution in [0.3, 0.4) is 0 Å². The summed E-state index contributed by atoms with van der Waals surface area (Å²) in [7, 11) is 1.93. The van der Waals surface area contributed by atoms with Gasteiger partial charge in [0, 0.05) is 29.9 Å². The highest BCUT2D eigenvalue weighted by Gasteiger charge is 2.06. The minimum absolute atomic E-state index is 0.272. The van der Waals surface area contributed by atoms with Gasteiger partial charge in [0.15, 0.2) is 0 Å². The van der Waals surface area contributed by atoms with Crippen LogP contribution in [0, 0.1) is 0 Å². The number of aromatic nitrogens is 2. The summed E-state index contributed by atoms with van der Waals surface area (Å²) in [4.78, 5) is 8.69. The molecule has 2 heterocycles. The van der Waals surface area contributed by atoms with Crippen molar-refractivity contribution in [1.82, 2.24) is 15.3 Å². The third-order valence-electron chi connectivity index (χ3n) is 3.51. The first-order valence-electron chi connectivity index (χ1n) is 6.93. The van der Waals surface area contributed by atoms with E-state index < -0.39 is 0 Å². The Bertz CT molecular complexity index is 735. The van der Waals surface area contributed by atoms with Crippen molar-refractivity contribution in [2.75, 3.05) is 7.05 Å². The maximum Gasteiger partial charge on any atom is 0.219 e. The average Bonchev–Trinajstić information content (AvgIpc) is 2.55. The van der Waals surface area contributed by atoms with Crippen LogP contribution in [0.2, 0.25) is 0 Å². The lowest BCUT2D eigenvalue weighted by Crippen LogP contribution is -2.12. The van der Waals surface area contributed by atoms with Gasteiger partial charge in [-0.1, -0.05) is 12.1 Å². The van der Waals surface area contributed by atoms with Crippen LogP contribution < -0.4 is 10.1 Å². The maximum atomic E-state index is 5.89. The van der Waals surface area contributed by atoms with Gasteiger partial charge in [0.1, 0.15) is 5.75 Å². The van der Waals surface area contributed by atoms with Gasteiger partial charge in [-0.15, -0.1) is 0 Å². The minimum Gasteiger partial charge on any atom is -0.438 e. The Morgan fingerprint density at radius 3 is 2.71 bits per heavy atom. The molecule has 0 bridgehead atoms. The second-order valence-corrected chi connectivity index (χ2v) is 4.87. The van der Waals surface area contributed by atoms with E-state index in [1.807, 2.05) is 55.7 Å². The Labute approximate surface area is 123 Å². The van der Waals surface area contributed by atoms with Crippen molar-refractivity contribution in [1.29, 1.82) is 0 Å². The van der Waals surface area contributed by atoms with Gasteiger partial charge in [-0.3, -0.25) is 4.98 Å². The molecule has 4 heteroatoms. The summed E-state index contributed by atoms with van der Waals surface area (Å²) in [5, 5.41) is 4.17. The van der Waals surface area contributed by atoms with Gasteiger partial charge in [0.2, 0.25) is 5.88 Å². The number of pyridine rings is 2. The molecule has 1 N–H and O–H groups in total. The first-order chi connectivity index (χ1) is 10.3. The topological polar surface area (TPSA) is 47.0 Å². The van der Waals surface area contributed by atoms with Crippen molar-refractivity contribution in [3.8, 4) is 11.6 Å². The minimum atomic E-state index is 0.272. The molecule has 21 heavy (non-hydrogen) atoms. The highest BCUT2D eigenvalue weighted by molar-refractivity contribution is 5.85. The third kappa shape index (κ3) is 2.85. The Morgan fingerprint density at radius 1 is 1.05 bits per heavy atom. The molecule has 0 aliphatic rings. The molecule has 2 aromatic heterocycles. The number of ether oxygens (including phenoxy) is 1. The van der Waals surface area contributed by atoms with Crippen LogP contribution in [-0.4, -0.2) is 17.0 Å². The maximum absolute atomic E-state index is 5.89. The van der Waals surface area contributed by atoms with Crippen LogP contribution in [0.1, 0.15) is 18.5 Å². The van der Waals surface area contributed by atoms with Gasteiger partial charge in [0.25, 0.3) is 0 Å². The lowest BCUT2D eigenvalue weighted by Gasteiger charge is -2.11. The van der Waals surface area contributed by atoms with Crippen molar-refractivity contribution in [3.05, 3.63) is 60.4 Å². The number of nitrogens with one attached hydrogen (secondary N) is 1. The zero-order valence-corrected chi connectivity index (χ0v) is 12.1. The summed E-state index contributed by atoms with van der Waals surface area (Å²) >= 11 is 0. The quantitative estimate of drug-likeness (QED) is 0.791. The second kappa shape index (κ2) is 5.89. The van der Waals surface area contributed by atoms with Crippen molar-refractivity contribution in [3.63, 3.8) is 0 Å². The number of nitrogens with zero attached hydrogens (tertiary/aromatic N) is 2. The normalized spacial score (nSPS) is 12.3. The van der Waals surface area contributed by atoms with E-state index >= 15 is 0 Å². The molecule has 3 aromatic rings. The van der Waals surface area contributed by atoms with Gasteiger partial charge in [-0.05, 0) is 43.8 Å². The zero-order chi connectivity index (χ0) is 14.7. The van der Waals surface area contributed by atoms with Crippen LogP contribution in [0.5, 0.6) is 11.6 Å². The van der Waals surface area contributed by atoms with E-state index in [2.05, 4.69) is 22.2 Å². The second-order valence-electron chi connectivity index (χ2n) is 4.87. The predicted molar refractivity (Wildman–Crippen MR) is 83.5 cm³/mol. The Balaban J connectivity index is 1.88. The third-order valence-corrected chi connectivity index (χ3v) is 3.51. The number of rotatable bonds is 4. The number of hydrogen-bond donors (Lipinski definition) is 1. The Hall–Kier alpha value is -2.46. The summed E-state index contributed by atoms with van der Waals surface area (Å²) < 4.78 is 5.89. The van der Waals surface area contributed by atoms with Crippen LogP contribution in [0.15, 0.2) is 54.9 Å². The van der Waals surface area contributed by atoms with Crippen LogP contribution in [0.25, 0.3) is 10.9 Å². The van der Waals surface area contributed by atoms with E-state index in [1.54, 1.807) is 6.20 Å². The molecule has 0 spiro atoms. The molecule has 0 fully saturated rings. The lowest BCUT2D eigenvalue weighted by atomic mass is 10.1. The van der Waals surface area contributed by atoms with Gasteiger partial charge < -0.3 is 10.1 Å². The monoisotopic (exact) mass is 279 g/mol. The smallest absolute Gasteiger partial charge is 0.219 e. The standard InChI is InChI=1S/C17H17N3O/c1-12(18-2)13-8-9-17(20-11-13)21-16-7-3-6-15-14(16)5-4-10-19-15/h3-12,18H,1-2H3. The number of benzene rings is 1. The van der Waals surface area contributed by atoms with Crippen molar-refractivity contribution >= 4 is 10.9 Å². The predicted octanol–water partition coefficient (Wildman–Crippen LogP) is 3.70. The SMILES string of the molecule is CNC(C)c1ccc(Oc2cccc3ncccc23)nc1. The summed E-state index contributed by atoms with van der Waals surface area (Å²) in [5.41, 5.74) is 2.04. The van der Waals surface area contributed by atoms with Crippen molar-refractivity contribution in [2.45, 2.75) is 13.0 Å². The van der Waals surface area contributed by atoms with Crippen molar-refractivity contribution in [2.24, 2.45) is 0 Å². The molecule has 4 nitrogen and oxygen atoms in total. The molecule has 0 aliphatic heterocycles. The summed E-state index contributed by atoms with van der Waals surface area (Å²) in [6.07, 6.45) is 3.61. The van der Waals surface area contributed by atoms with Crippen LogP contribution >= 0.6 is 0 Å². The first kappa shape index (κ1) is 13.5. The molecule has 1 atom stereocenters. The van der Waals surface area contributed by atoms with Crippen molar-refractivity contribution < 1.29 is 4.74 Å². The fourth-order valence-corrected chi connectivity index (χ4v) is 2.15. The van der Waals surface area contributed by atoms with E-state index in [1.165, 1.54) is 0 Å². The lowest BCUT2D eigenvalue weighted by molar-refractivity contribution is 0.467. The Morgan fingerprint density at radius 2 is 1.95 bits per heavy atom. The van der Waals surface area contributed by atoms with Gasteiger partial charge in [-0.2, -0.15) is 0 Å². The summed E-state index contributed by atoms with van der Waals surface area (Å²) in [5.74, 6) is 1.35.